The van der Waals surface area contributed by atoms with E-state index in [1.807, 2.05) is 24.3 Å². The van der Waals surface area contributed by atoms with E-state index in [0.717, 1.165) is 36.3 Å². The average Bonchev–Trinajstić information content (AvgIpc) is 3.44. The summed E-state index contributed by atoms with van der Waals surface area (Å²) in [4.78, 5) is 12.5. The Bertz CT molecular complexity index is 753. The maximum atomic E-state index is 12.5. The fourth-order valence-corrected chi connectivity index (χ4v) is 2.75. The van der Waals surface area contributed by atoms with Gasteiger partial charge in [-0.1, -0.05) is 12.1 Å². The van der Waals surface area contributed by atoms with Gasteiger partial charge < -0.3 is 14.8 Å². The predicted octanol–water partition coefficient (Wildman–Crippen LogP) is 4.47. The fraction of sp³-hybridized carbons (Fsp3) is 0.316. The van der Waals surface area contributed by atoms with Gasteiger partial charge in [-0.15, -0.1) is 13.2 Å². The fourth-order valence-electron chi connectivity index (χ4n) is 2.75. The molecule has 0 radical (unpaired) electrons. The number of alkyl halides is 3. The Kier molecular flexibility index (Phi) is 5.06. The van der Waals surface area contributed by atoms with Gasteiger partial charge in [0.25, 0.3) is 5.91 Å². The van der Waals surface area contributed by atoms with Crippen molar-refractivity contribution in [3.63, 3.8) is 0 Å². The van der Waals surface area contributed by atoms with Crippen LogP contribution in [0, 0.1) is 5.92 Å². The van der Waals surface area contributed by atoms with Crippen LogP contribution in [-0.4, -0.2) is 19.4 Å². The third-order valence-electron chi connectivity index (χ3n) is 4.21. The van der Waals surface area contributed by atoms with Crippen LogP contribution < -0.4 is 14.8 Å². The van der Waals surface area contributed by atoms with Crippen molar-refractivity contribution >= 4 is 5.91 Å². The standard InChI is InChI=1S/C19H18F3NO3/c1-25-15-8-4-13(5-9-15)17(12-2-3-12)23-18(24)14-6-10-16(11-7-14)26-19(20,21)22/h4-12,17H,2-3H2,1H3,(H,23,24). The van der Waals surface area contributed by atoms with Gasteiger partial charge in [-0.3, -0.25) is 4.79 Å². The second-order valence-corrected chi connectivity index (χ2v) is 6.13. The zero-order chi connectivity index (χ0) is 18.7. The van der Waals surface area contributed by atoms with Crippen molar-refractivity contribution < 1.29 is 27.4 Å². The number of hydrogen-bond donors (Lipinski definition) is 1. The number of hydrogen-bond acceptors (Lipinski definition) is 3. The van der Waals surface area contributed by atoms with Gasteiger partial charge in [0.2, 0.25) is 0 Å². The molecule has 7 heteroatoms. The van der Waals surface area contributed by atoms with Gasteiger partial charge in [0, 0.05) is 5.56 Å². The molecule has 0 aromatic heterocycles. The van der Waals surface area contributed by atoms with Crippen LogP contribution in [0.5, 0.6) is 11.5 Å². The summed E-state index contributed by atoms with van der Waals surface area (Å²) in [5, 5.41) is 2.97. The molecule has 1 N–H and O–H groups in total. The van der Waals surface area contributed by atoms with Crippen LogP contribution in [0.15, 0.2) is 48.5 Å². The highest BCUT2D eigenvalue weighted by Gasteiger charge is 2.34. The Hall–Kier alpha value is -2.70. The smallest absolute Gasteiger partial charge is 0.497 e. The molecule has 1 amide bonds. The van der Waals surface area contributed by atoms with Crippen LogP contribution in [0.2, 0.25) is 0 Å². The first-order valence-corrected chi connectivity index (χ1v) is 8.16. The van der Waals surface area contributed by atoms with Gasteiger partial charge in [-0.25, -0.2) is 0 Å². The lowest BCUT2D eigenvalue weighted by Gasteiger charge is -2.19. The SMILES string of the molecule is COc1ccc(C(NC(=O)c2ccc(OC(F)(F)F)cc2)C2CC2)cc1. The highest BCUT2D eigenvalue weighted by atomic mass is 19.4. The van der Waals surface area contributed by atoms with E-state index in [1.165, 1.54) is 12.1 Å². The number of carbonyl (C=O) groups is 1. The molecule has 26 heavy (non-hydrogen) atoms. The zero-order valence-electron chi connectivity index (χ0n) is 14.0. The van der Waals surface area contributed by atoms with E-state index >= 15 is 0 Å². The van der Waals surface area contributed by atoms with Gasteiger partial charge in [0.05, 0.1) is 13.2 Å². The third kappa shape index (κ3) is 4.68. The summed E-state index contributed by atoms with van der Waals surface area (Å²) in [5.74, 6) is 0.397. The van der Waals surface area contributed by atoms with E-state index in [4.69, 9.17) is 4.74 Å². The van der Waals surface area contributed by atoms with Crippen molar-refractivity contribution in [2.24, 2.45) is 5.92 Å². The summed E-state index contributed by atoms with van der Waals surface area (Å²) < 4.78 is 45.6. The second-order valence-electron chi connectivity index (χ2n) is 6.13. The minimum absolute atomic E-state index is 0.139. The molecule has 4 nitrogen and oxygen atoms in total. The van der Waals surface area contributed by atoms with E-state index in [1.54, 1.807) is 7.11 Å². The first-order chi connectivity index (χ1) is 12.4. The van der Waals surface area contributed by atoms with Crippen molar-refractivity contribution in [1.29, 1.82) is 0 Å². The Morgan fingerprint density at radius 1 is 1.04 bits per heavy atom. The minimum atomic E-state index is -4.75. The summed E-state index contributed by atoms with van der Waals surface area (Å²) in [5.41, 5.74) is 1.25. The quantitative estimate of drug-likeness (QED) is 0.821. The Balaban J connectivity index is 1.70. The first-order valence-electron chi connectivity index (χ1n) is 8.16. The predicted molar refractivity (Wildman–Crippen MR) is 89.1 cm³/mol. The van der Waals surface area contributed by atoms with E-state index < -0.39 is 6.36 Å². The maximum Gasteiger partial charge on any atom is 0.573 e. The minimum Gasteiger partial charge on any atom is -0.497 e. The molecule has 1 fully saturated rings. The third-order valence-corrected chi connectivity index (χ3v) is 4.21. The highest BCUT2D eigenvalue weighted by Crippen LogP contribution is 2.41. The van der Waals surface area contributed by atoms with Gasteiger partial charge in [0.1, 0.15) is 11.5 Å². The topological polar surface area (TPSA) is 47.6 Å². The lowest BCUT2D eigenvalue weighted by molar-refractivity contribution is -0.274. The lowest BCUT2D eigenvalue weighted by Crippen LogP contribution is -2.29. The van der Waals surface area contributed by atoms with Crippen LogP contribution in [0.4, 0.5) is 13.2 Å². The van der Waals surface area contributed by atoms with Gasteiger partial charge in [-0.2, -0.15) is 0 Å². The lowest BCUT2D eigenvalue weighted by atomic mass is 10.0. The average molecular weight is 365 g/mol. The van der Waals surface area contributed by atoms with E-state index in [-0.39, 0.29) is 23.3 Å². The molecule has 1 aliphatic rings. The van der Waals surface area contributed by atoms with E-state index in [9.17, 15) is 18.0 Å². The molecule has 2 aromatic rings. The number of amides is 1. The van der Waals surface area contributed by atoms with E-state index in [0.29, 0.717) is 5.92 Å². The first kappa shape index (κ1) is 18.1. The summed E-state index contributed by atoms with van der Waals surface area (Å²) in [6.45, 7) is 0. The monoisotopic (exact) mass is 365 g/mol. The largest absolute Gasteiger partial charge is 0.573 e. The molecule has 1 saturated carbocycles. The van der Waals surface area contributed by atoms with Crippen molar-refractivity contribution in [2.45, 2.75) is 25.2 Å². The van der Waals surface area contributed by atoms with Gasteiger partial charge >= 0.3 is 6.36 Å². The molecule has 2 aromatic carbocycles. The van der Waals surface area contributed by atoms with Gasteiger partial charge in [-0.05, 0) is 60.7 Å². The van der Waals surface area contributed by atoms with Crippen molar-refractivity contribution in [2.75, 3.05) is 7.11 Å². The van der Waals surface area contributed by atoms with Crippen molar-refractivity contribution in [3.8, 4) is 11.5 Å². The molecule has 138 valence electrons. The van der Waals surface area contributed by atoms with Crippen LogP contribution in [0.1, 0.15) is 34.8 Å². The molecule has 1 unspecified atom stereocenters. The summed E-state index contributed by atoms with van der Waals surface area (Å²) in [6, 6.07) is 12.2. The molecule has 3 rings (SSSR count). The number of halogens is 3. The number of methoxy groups -OCH3 is 1. The number of rotatable bonds is 6. The van der Waals surface area contributed by atoms with Gasteiger partial charge in [0.15, 0.2) is 0 Å². The Morgan fingerprint density at radius 3 is 2.12 bits per heavy atom. The van der Waals surface area contributed by atoms with Crippen LogP contribution in [-0.2, 0) is 0 Å². The summed E-state index contributed by atoms with van der Waals surface area (Å²) in [7, 11) is 1.58. The molecular formula is C19H18F3NO3. The molecular weight excluding hydrogens is 347 g/mol. The Labute approximate surface area is 148 Å². The van der Waals surface area contributed by atoms with Crippen LogP contribution in [0.25, 0.3) is 0 Å². The maximum absolute atomic E-state index is 12.5. The molecule has 0 aliphatic heterocycles. The molecule has 0 saturated heterocycles. The Morgan fingerprint density at radius 2 is 1.62 bits per heavy atom. The van der Waals surface area contributed by atoms with Crippen molar-refractivity contribution in [1.82, 2.24) is 5.32 Å². The molecule has 1 aliphatic carbocycles. The summed E-state index contributed by atoms with van der Waals surface area (Å²) in [6.07, 6.45) is -2.71. The van der Waals surface area contributed by atoms with E-state index in [2.05, 4.69) is 10.1 Å². The molecule has 0 bridgehead atoms. The van der Waals surface area contributed by atoms with Crippen molar-refractivity contribution in [3.05, 3.63) is 59.7 Å². The number of benzene rings is 2. The molecule has 0 spiro atoms. The normalized spacial score (nSPS) is 15.2. The zero-order valence-corrected chi connectivity index (χ0v) is 14.0. The summed E-state index contributed by atoms with van der Waals surface area (Å²) >= 11 is 0. The molecule has 1 atom stereocenters. The number of ether oxygens (including phenoxy) is 2. The highest BCUT2D eigenvalue weighted by molar-refractivity contribution is 5.94. The number of carbonyl (C=O) groups excluding carboxylic acids is 1. The molecule has 0 heterocycles. The number of nitrogens with one attached hydrogen (secondary N) is 1. The second kappa shape index (κ2) is 7.27. The van der Waals surface area contributed by atoms with Crippen LogP contribution >= 0.6 is 0 Å². The van der Waals surface area contributed by atoms with Crippen LogP contribution in [0.3, 0.4) is 0 Å².